The summed E-state index contributed by atoms with van der Waals surface area (Å²) in [7, 11) is 0. The van der Waals surface area contributed by atoms with Crippen LogP contribution >= 0.6 is 12.2 Å². The van der Waals surface area contributed by atoms with Gasteiger partial charge in [-0.3, -0.25) is 9.78 Å². The molecule has 6 nitrogen and oxygen atoms in total. The summed E-state index contributed by atoms with van der Waals surface area (Å²) in [5.74, 6) is 0.000672. The molecule has 0 bridgehead atoms. The van der Waals surface area contributed by atoms with Crippen molar-refractivity contribution in [2.75, 3.05) is 10.2 Å². The van der Waals surface area contributed by atoms with Gasteiger partial charge in [0.05, 0.1) is 17.8 Å². The summed E-state index contributed by atoms with van der Waals surface area (Å²) in [6, 6.07) is 14.0. The van der Waals surface area contributed by atoms with E-state index in [1.54, 1.807) is 0 Å². The Bertz CT molecular complexity index is 1120. The maximum atomic E-state index is 11.8. The molecule has 1 aliphatic rings. The molecule has 1 saturated heterocycles. The average Bonchev–Trinajstić information content (AvgIpc) is 3.27. The number of thiocarbonyl (C=S) groups is 1. The van der Waals surface area contributed by atoms with Crippen molar-refractivity contribution in [1.82, 2.24) is 15.3 Å². The molecule has 3 aromatic rings. The molecule has 2 atom stereocenters. The predicted molar refractivity (Wildman–Crippen MR) is 128 cm³/mol. The number of hydrogen-bond donors (Lipinski definition) is 3. The Kier molecular flexibility index (Phi) is 5.78. The first kappa shape index (κ1) is 21.1. The van der Waals surface area contributed by atoms with Crippen LogP contribution in [0.3, 0.4) is 0 Å². The largest absolute Gasteiger partial charge is 0.362 e. The number of H-pyrrole nitrogens is 1. The van der Waals surface area contributed by atoms with Gasteiger partial charge in [-0.25, -0.2) is 0 Å². The molecule has 3 heterocycles. The zero-order valence-corrected chi connectivity index (χ0v) is 19.0. The van der Waals surface area contributed by atoms with Crippen molar-refractivity contribution in [2.45, 2.75) is 46.2 Å². The highest BCUT2D eigenvalue weighted by molar-refractivity contribution is 7.80. The summed E-state index contributed by atoms with van der Waals surface area (Å²) in [4.78, 5) is 22.0. The van der Waals surface area contributed by atoms with Gasteiger partial charge in [0.1, 0.15) is 0 Å². The smallest absolute Gasteiger partial charge is 0.224 e. The number of rotatable bonds is 5. The number of amides is 1. The molecule has 1 fully saturated rings. The quantitative estimate of drug-likeness (QED) is 0.501. The number of hydrogen-bond acceptors (Lipinski definition) is 3. The molecular weight excluding hydrogens is 406 g/mol. The molecule has 0 aliphatic carbocycles. The van der Waals surface area contributed by atoms with E-state index >= 15 is 0 Å². The lowest BCUT2D eigenvalue weighted by molar-refractivity contribution is -0.115. The second kappa shape index (κ2) is 8.51. The Labute approximate surface area is 188 Å². The molecule has 0 saturated carbocycles. The molecule has 7 heteroatoms. The highest BCUT2D eigenvalue weighted by Gasteiger charge is 2.41. The third-order valence-corrected chi connectivity index (χ3v) is 6.00. The second-order valence-electron chi connectivity index (χ2n) is 7.93. The minimum Gasteiger partial charge on any atom is -0.362 e. The predicted octanol–water partition coefficient (Wildman–Crippen LogP) is 4.86. The molecule has 1 amide bonds. The van der Waals surface area contributed by atoms with E-state index in [2.05, 4.69) is 51.5 Å². The fourth-order valence-electron chi connectivity index (χ4n) is 4.18. The van der Waals surface area contributed by atoms with Crippen LogP contribution in [0, 0.1) is 20.8 Å². The average molecular weight is 434 g/mol. The first-order valence-electron chi connectivity index (χ1n) is 10.5. The summed E-state index contributed by atoms with van der Waals surface area (Å²) in [5.41, 5.74) is 7.14. The molecule has 3 N–H and O–H groups in total. The molecule has 0 unspecified atom stereocenters. The van der Waals surface area contributed by atoms with E-state index < -0.39 is 0 Å². The number of carbonyl (C=O) groups excluding carboxylic acids is 1. The van der Waals surface area contributed by atoms with Crippen LogP contribution in [0.5, 0.6) is 0 Å². The van der Waals surface area contributed by atoms with Crippen LogP contribution in [0.25, 0.3) is 0 Å². The Morgan fingerprint density at radius 1 is 1.19 bits per heavy atom. The zero-order chi connectivity index (χ0) is 22.1. The van der Waals surface area contributed by atoms with Crippen LogP contribution < -0.4 is 15.5 Å². The van der Waals surface area contributed by atoms with Crippen molar-refractivity contribution < 1.29 is 4.79 Å². The first-order chi connectivity index (χ1) is 14.9. The van der Waals surface area contributed by atoms with Crippen LogP contribution in [0.2, 0.25) is 0 Å². The van der Waals surface area contributed by atoms with Gasteiger partial charge in [-0.15, -0.1) is 0 Å². The number of nitrogens with zero attached hydrogens (tertiary/aromatic N) is 2. The molecule has 1 aliphatic heterocycles. The standard InChI is InChI=1S/C24H27N5OS/c1-5-21(30)27-19-10-9-17(12-14(19)2)29-23(18-13-15(3)26-16(18)4)22(28-24(29)31)20-8-6-7-11-25-20/h6-13,22-23,26H,5H2,1-4H3,(H,27,30)(H,28,31)/t22-,23+/m0/s1. The van der Waals surface area contributed by atoms with Crippen LogP contribution in [0.4, 0.5) is 11.4 Å². The van der Waals surface area contributed by atoms with Gasteiger partial charge in [0, 0.05) is 35.4 Å². The third kappa shape index (κ3) is 4.05. The minimum atomic E-state index is -0.0811. The highest BCUT2D eigenvalue weighted by Crippen LogP contribution is 2.43. The van der Waals surface area contributed by atoms with Crippen molar-refractivity contribution in [3.8, 4) is 0 Å². The number of aryl methyl sites for hydroxylation is 3. The summed E-state index contributed by atoms with van der Waals surface area (Å²) in [6.45, 7) is 7.99. The number of aromatic nitrogens is 2. The number of benzene rings is 1. The van der Waals surface area contributed by atoms with E-state index in [4.69, 9.17) is 12.2 Å². The van der Waals surface area contributed by atoms with Gasteiger partial charge in [0.15, 0.2) is 5.11 Å². The number of carbonyl (C=O) groups is 1. The molecule has 1 aromatic carbocycles. The zero-order valence-electron chi connectivity index (χ0n) is 18.2. The maximum absolute atomic E-state index is 11.8. The van der Waals surface area contributed by atoms with Gasteiger partial charge in [-0.2, -0.15) is 0 Å². The summed E-state index contributed by atoms with van der Waals surface area (Å²) in [5, 5.41) is 7.10. The monoisotopic (exact) mass is 433 g/mol. The van der Waals surface area contributed by atoms with Crippen molar-refractivity contribution >= 4 is 34.6 Å². The van der Waals surface area contributed by atoms with E-state index in [1.807, 2.05) is 50.4 Å². The van der Waals surface area contributed by atoms with E-state index in [1.165, 1.54) is 5.56 Å². The molecular formula is C24H27N5OS. The Hall–Kier alpha value is -3.19. The lowest BCUT2D eigenvalue weighted by Crippen LogP contribution is -2.29. The van der Waals surface area contributed by atoms with Crippen LogP contribution in [-0.2, 0) is 4.79 Å². The summed E-state index contributed by atoms with van der Waals surface area (Å²) >= 11 is 5.80. The van der Waals surface area contributed by atoms with Crippen LogP contribution in [0.15, 0.2) is 48.7 Å². The van der Waals surface area contributed by atoms with Gasteiger partial charge < -0.3 is 20.5 Å². The molecule has 2 aromatic heterocycles. The van der Waals surface area contributed by atoms with E-state index in [9.17, 15) is 4.79 Å². The van der Waals surface area contributed by atoms with Gasteiger partial charge in [-0.1, -0.05) is 13.0 Å². The van der Waals surface area contributed by atoms with E-state index in [0.717, 1.165) is 34.0 Å². The van der Waals surface area contributed by atoms with Gasteiger partial charge in [-0.05, 0) is 80.5 Å². The normalized spacial score (nSPS) is 18.2. The SMILES string of the molecule is CCC(=O)Nc1ccc(N2C(=S)N[C@@H](c3ccccn3)[C@H]2c2cc(C)[nH]c2C)cc1C. The number of anilines is 2. The Balaban J connectivity index is 1.78. The van der Waals surface area contributed by atoms with Crippen molar-refractivity contribution in [1.29, 1.82) is 0 Å². The van der Waals surface area contributed by atoms with Gasteiger partial charge in [0.25, 0.3) is 0 Å². The lowest BCUT2D eigenvalue weighted by Gasteiger charge is -2.28. The Morgan fingerprint density at radius 2 is 2.00 bits per heavy atom. The molecule has 4 rings (SSSR count). The van der Waals surface area contributed by atoms with E-state index in [0.29, 0.717) is 11.5 Å². The fraction of sp³-hybridized carbons (Fsp3) is 0.292. The number of pyridine rings is 1. The number of nitrogens with one attached hydrogen (secondary N) is 3. The van der Waals surface area contributed by atoms with Gasteiger partial charge >= 0.3 is 0 Å². The third-order valence-electron chi connectivity index (χ3n) is 5.69. The lowest BCUT2D eigenvalue weighted by atomic mass is 9.96. The molecule has 0 spiro atoms. The highest BCUT2D eigenvalue weighted by atomic mass is 32.1. The fourth-order valence-corrected chi connectivity index (χ4v) is 4.52. The second-order valence-corrected chi connectivity index (χ2v) is 8.32. The van der Waals surface area contributed by atoms with Crippen LogP contribution in [0.1, 0.15) is 53.6 Å². The van der Waals surface area contributed by atoms with Crippen molar-refractivity contribution in [2.24, 2.45) is 0 Å². The van der Waals surface area contributed by atoms with Crippen molar-refractivity contribution in [3.63, 3.8) is 0 Å². The topological polar surface area (TPSA) is 73.1 Å². The maximum Gasteiger partial charge on any atom is 0.224 e. The van der Waals surface area contributed by atoms with Gasteiger partial charge in [0.2, 0.25) is 5.91 Å². The molecule has 160 valence electrons. The summed E-state index contributed by atoms with van der Waals surface area (Å²) < 4.78 is 0. The van der Waals surface area contributed by atoms with Crippen molar-refractivity contribution in [3.05, 3.63) is 76.9 Å². The molecule has 31 heavy (non-hydrogen) atoms. The first-order valence-corrected chi connectivity index (χ1v) is 10.9. The minimum absolute atomic E-state index is 0.000672. The molecule has 0 radical (unpaired) electrons. The Morgan fingerprint density at radius 3 is 2.61 bits per heavy atom. The number of aromatic amines is 1. The summed E-state index contributed by atoms with van der Waals surface area (Å²) in [6.07, 6.45) is 2.26. The van der Waals surface area contributed by atoms with Crippen LogP contribution in [-0.4, -0.2) is 21.0 Å². The van der Waals surface area contributed by atoms with E-state index in [-0.39, 0.29) is 18.0 Å².